The van der Waals surface area contributed by atoms with E-state index in [1.54, 1.807) is 37.3 Å². The van der Waals surface area contributed by atoms with Crippen molar-refractivity contribution in [2.24, 2.45) is 0 Å². The number of benzene rings is 1. The summed E-state index contributed by atoms with van der Waals surface area (Å²) in [5.41, 5.74) is 6.77. The quantitative estimate of drug-likeness (QED) is 0.628. The average Bonchev–Trinajstić information content (AvgIpc) is 2.40. The predicted molar refractivity (Wildman–Crippen MR) is 82.2 cm³/mol. The number of hydrogen-bond acceptors (Lipinski definition) is 5. The smallest absolute Gasteiger partial charge is 0.238 e. The van der Waals surface area contributed by atoms with Crippen LogP contribution < -0.4 is 21.1 Å². The Balaban J connectivity index is 2.51. The molecule has 1 aromatic carbocycles. The molecule has 116 valence electrons. The number of nitrogen functional groups attached to an aromatic ring is 1. The van der Waals surface area contributed by atoms with E-state index in [1.165, 1.54) is 0 Å². The molecule has 1 aromatic rings. The summed E-state index contributed by atoms with van der Waals surface area (Å²) in [4.78, 5) is 24.9. The van der Waals surface area contributed by atoms with Crippen LogP contribution in [-0.4, -0.2) is 50.5 Å². The molecule has 0 unspecified atom stereocenters. The Morgan fingerprint density at radius 3 is 2.52 bits per heavy atom. The zero-order valence-electron chi connectivity index (χ0n) is 12.6. The predicted octanol–water partition coefficient (Wildman–Crippen LogP) is 0.284. The third-order valence-electron chi connectivity index (χ3n) is 2.73. The largest absolute Gasteiger partial charge is 0.497 e. The van der Waals surface area contributed by atoms with Gasteiger partial charge in [-0.1, -0.05) is 0 Å². The Labute approximate surface area is 124 Å². The van der Waals surface area contributed by atoms with Crippen LogP contribution in [0.25, 0.3) is 0 Å². The molecule has 2 amide bonds. The standard InChI is InChI=1S/C14H22N4O3/c1-4-16-13(19)8-18(2)9-14(20)17-12-6-5-10(21-3)7-11(12)15/h5-7H,4,8-9,15H2,1-3H3,(H,16,19)(H,17,20). The lowest BCUT2D eigenvalue weighted by atomic mass is 10.2. The number of methoxy groups -OCH3 is 1. The Hall–Kier alpha value is -2.28. The number of amides is 2. The fraction of sp³-hybridized carbons (Fsp3) is 0.429. The monoisotopic (exact) mass is 294 g/mol. The van der Waals surface area contributed by atoms with Gasteiger partial charge in [-0.05, 0) is 26.1 Å². The number of anilines is 2. The molecule has 7 heteroatoms. The average molecular weight is 294 g/mol. The number of carbonyl (C=O) groups is 2. The van der Waals surface area contributed by atoms with Crippen LogP contribution in [0, 0.1) is 0 Å². The van der Waals surface area contributed by atoms with Crippen LogP contribution in [0.15, 0.2) is 18.2 Å². The van der Waals surface area contributed by atoms with E-state index in [2.05, 4.69) is 10.6 Å². The molecule has 0 radical (unpaired) electrons. The first kappa shape index (κ1) is 16.8. The first-order valence-electron chi connectivity index (χ1n) is 6.64. The number of hydrogen-bond donors (Lipinski definition) is 3. The summed E-state index contributed by atoms with van der Waals surface area (Å²) < 4.78 is 5.04. The SMILES string of the molecule is CCNC(=O)CN(C)CC(=O)Nc1ccc(OC)cc1N. The number of nitrogens with one attached hydrogen (secondary N) is 2. The molecule has 0 aliphatic heterocycles. The topological polar surface area (TPSA) is 96.7 Å². The lowest BCUT2D eigenvalue weighted by molar-refractivity contribution is -0.122. The van der Waals surface area contributed by atoms with Gasteiger partial charge >= 0.3 is 0 Å². The third-order valence-corrected chi connectivity index (χ3v) is 2.73. The van der Waals surface area contributed by atoms with Gasteiger partial charge in [0.05, 0.1) is 31.6 Å². The highest BCUT2D eigenvalue weighted by atomic mass is 16.5. The third kappa shape index (κ3) is 5.70. The normalized spacial score (nSPS) is 10.3. The first-order valence-corrected chi connectivity index (χ1v) is 6.64. The van der Waals surface area contributed by atoms with Crippen LogP contribution in [0.4, 0.5) is 11.4 Å². The van der Waals surface area contributed by atoms with Crippen molar-refractivity contribution in [3.63, 3.8) is 0 Å². The minimum absolute atomic E-state index is 0.0998. The molecule has 4 N–H and O–H groups in total. The lowest BCUT2D eigenvalue weighted by Gasteiger charge is -2.16. The number of rotatable bonds is 7. The van der Waals surface area contributed by atoms with Gasteiger partial charge in [0, 0.05) is 12.6 Å². The van der Waals surface area contributed by atoms with Gasteiger partial charge in [-0.3, -0.25) is 14.5 Å². The first-order chi connectivity index (χ1) is 9.96. The van der Waals surface area contributed by atoms with E-state index in [9.17, 15) is 9.59 Å². The second-order valence-corrected chi connectivity index (χ2v) is 4.63. The van der Waals surface area contributed by atoms with Gasteiger partial charge < -0.3 is 21.1 Å². The van der Waals surface area contributed by atoms with Crippen LogP contribution in [0.5, 0.6) is 5.75 Å². The van der Waals surface area contributed by atoms with E-state index in [1.807, 2.05) is 6.92 Å². The Bertz CT molecular complexity index is 505. The van der Waals surface area contributed by atoms with Crippen LogP contribution >= 0.6 is 0 Å². The Morgan fingerprint density at radius 1 is 1.29 bits per heavy atom. The summed E-state index contributed by atoms with van der Waals surface area (Å²) in [7, 11) is 3.25. The Kier molecular flexibility index (Phi) is 6.48. The zero-order chi connectivity index (χ0) is 15.8. The maximum atomic E-state index is 11.9. The number of likely N-dealkylation sites (N-methyl/N-ethyl adjacent to an activating group) is 2. The molecule has 1 rings (SSSR count). The molecule has 0 aliphatic rings. The van der Waals surface area contributed by atoms with Crippen molar-refractivity contribution in [1.29, 1.82) is 0 Å². The maximum Gasteiger partial charge on any atom is 0.238 e. The van der Waals surface area contributed by atoms with Gasteiger partial charge in [-0.2, -0.15) is 0 Å². The van der Waals surface area contributed by atoms with Crippen molar-refractivity contribution in [3.05, 3.63) is 18.2 Å². The summed E-state index contributed by atoms with van der Waals surface area (Å²) in [6.45, 7) is 2.68. The van der Waals surface area contributed by atoms with Gasteiger partial charge in [0.15, 0.2) is 0 Å². The van der Waals surface area contributed by atoms with Gasteiger partial charge in [0.2, 0.25) is 11.8 Å². The molecule has 0 fully saturated rings. The second kappa shape index (κ2) is 8.11. The summed E-state index contributed by atoms with van der Waals surface area (Å²) in [6, 6.07) is 5.02. The highest BCUT2D eigenvalue weighted by molar-refractivity contribution is 5.95. The zero-order valence-corrected chi connectivity index (χ0v) is 12.6. The van der Waals surface area contributed by atoms with Crippen molar-refractivity contribution in [3.8, 4) is 5.75 Å². The van der Waals surface area contributed by atoms with Crippen LogP contribution in [-0.2, 0) is 9.59 Å². The van der Waals surface area contributed by atoms with E-state index in [-0.39, 0.29) is 24.9 Å². The molecule has 0 bridgehead atoms. The molecule has 0 saturated heterocycles. The highest BCUT2D eigenvalue weighted by Crippen LogP contribution is 2.23. The minimum atomic E-state index is -0.237. The number of nitrogens with zero attached hydrogens (tertiary/aromatic N) is 1. The maximum absolute atomic E-state index is 11.9. The minimum Gasteiger partial charge on any atom is -0.497 e. The molecule has 0 aliphatic carbocycles. The van der Waals surface area contributed by atoms with E-state index >= 15 is 0 Å². The molecular formula is C14H22N4O3. The van der Waals surface area contributed by atoms with Gasteiger partial charge in [0.1, 0.15) is 5.75 Å². The fourth-order valence-corrected chi connectivity index (χ4v) is 1.77. The van der Waals surface area contributed by atoms with Crippen molar-refractivity contribution >= 4 is 23.2 Å². The fourth-order valence-electron chi connectivity index (χ4n) is 1.77. The van der Waals surface area contributed by atoms with E-state index in [0.29, 0.717) is 23.7 Å². The molecule has 0 spiro atoms. The number of nitrogens with two attached hydrogens (primary N) is 1. The van der Waals surface area contributed by atoms with Gasteiger partial charge in [-0.25, -0.2) is 0 Å². The molecule has 0 heterocycles. The van der Waals surface area contributed by atoms with Crippen LogP contribution in [0.2, 0.25) is 0 Å². The molecule has 21 heavy (non-hydrogen) atoms. The van der Waals surface area contributed by atoms with Gasteiger partial charge in [0.25, 0.3) is 0 Å². The van der Waals surface area contributed by atoms with Crippen molar-refractivity contribution in [1.82, 2.24) is 10.2 Å². The lowest BCUT2D eigenvalue weighted by Crippen LogP contribution is -2.38. The molecular weight excluding hydrogens is 272 g/mol. The Morgan fingerprint density at radius 2 is 1.95 bits per heavy atom. The van der Waals surface area contributed by atoms with Crippen molar-refractivity contribution in [2.75, 3.05) is 44.8 Å². The van der Waals surface area contributed by atoms with Crippen molar-refractivity contribution in [2.45, 2.75) is 6.92 Å². The van der Waals surface area contributed by atoms with Gasteiger partial charge in [-0.15, -0.1) is 0 Å². The number of carbonyl (C=O) groups excluding carboxylic acids is 2. The number of ether oxygens (including phenoxy) is 1. The van der Waals surface area contributed by atoms with E-state index in [0.717, 1.165) is 0 Å². The van der Waals surface area contributed by atoms with E-state index < -0.39 is 0 Å². The summed E-state index contributed by atoms with van der Waals surface area (Å²) in [6.07, 6.45) is 0. The molecule has 0 saturated carbocycles. The second-order valence-electron chi connectivity index (χ2n) is 4.63. The molecule has 0 aromatic heterocycles. The van der Waals surface area contributed by atoms with Crippen molar-refractivity contribution < 1.29 is 14.3 Å². The summed E-state index contributed by atoms with van der Waals surface area (Å²) in [5, 5.41) is 5.38. The van der Waals surface area contributed by atoms with Crippen LogP contribution in [0.3, 0.4) is 0 Å². The van der Waals surface area contributed by atoms with Crippen LogP contribution in [0.1, 0.15) is 6.92 Å². The van der Waals surface area contributed by atoms with E-state index in [4.69, 9.17) is 10.5 Å². The summed E-state index contributed by atoms with van der Waals surface area (Å²) >= 11 is 0. The summed E-state index contributed by atoms with van der Waals surface area (Å²) in [5.74, 6) is 0.272. The highest BCUT2D eigenvalue weighted by Gasteiger charge is 2.11. The molecule has 7 nitrogen and oxygen atoms in total. The molecule has 0 atom stereocenters.